The largest absolute Gasteiger partial charge is 0.271 e. The first-order valence-corrected chi connectivity index (χ1v) is 7.20. The van der Waals surface area contributed by atoms with Crippen LogP contribution in [0.2, 0.25) is 0 Å². The summed E-state index contributed by atoms with van der Waals surface area (Å²) in [6.07, 6.45) is 3.65. The number of carbonyl (C=O) groups excluding carboxylic acids is 1. The van der Waals surface area contributed by atoms with Crippen molar-refractivity contribution in [2.24, 2.45) is 5.10 Å². The van der Waals surface area contributed by atoms with Gasteiger partial charge >= 0.3 is 0 Å². The molecule has 2 aromatic carbocycles. The Labute approximate surface area is 131 Å². The van der Waals surface area contributed by atoms with Crippen LogP contribution in [0.5, 0.6) is 0 Å². The summed E-state index contributed by atoms with van der Waals surface area (Å²) < 4.78 is 0. The minimum absolute atomic E-state index is 0.193. The molecule has 0 aliphatic heterocycles. The third-order valence-electron chi connectivity index (χ3n) is 3.25. The minimum atomic E-state index is -0.193. The van der Waals surface area contributed by atoms with Gasteiger partial charge in [-0.3, -0.25) is 4.79 Å². The van der Waals surface area contributed by atoms with Crippen LogP contribution in [0.25, 0.3) is 6.08 Å². The number of carbonyl (C=O) groups is 1. The monoisotopic (exact) mass is 292 g/mol. The second-order valence-electron chi connectivity index (χ2n) is 5.32. The van der Waals surface area contributed by atoms with E-state index in [1.807, 2.05) is 75.4 Å². The van der Waals surface area contributed by atoms with E-state index in [0.29, 0.717) is 5.56 Å². The maximum Gasteiger partial charge on any atom is 0.271 e. The molecule has 0 spiro atoms. The Hall–Kier alpha value is -2.68. The fraction of sp³-hybridized carbons (Fsp3) is 0.158. The van der Waals surface area contributed by atoms with Crippen molar-refractivity contribution < 1.29 is 4.79 Å². The quantitative estimate of drug-likeness (QED) is 0.668. The molecule has 0 unspecified atom stereocenters. The zero-order chi connectivity index (χ0) is 15.9. The molecule has 0 heterocycles. The number of hydrogen-bond donors (Lipinski definition) is 1. The fourth-order valence-corrected chi connectivity index (χ4v) is 2.17. The summed E-state index contributed by atoms with van der Waals surface area (Å²) in [7, 11) is 0. The SMILES string of the molecule is CC(/C=N/NC(=O)c1ccc(C)cc1C)=C\c1ccccc1. The predicted molar refractivity (Wildman–Crippen MR) is 92.0 cm³/mol. The summed E-state index contributed by atoms with van der Waals surface area (Å²) in [5.41, 5.74) is 7.37. The number of rotatable bonds is 4. The number of amides is 1. The number of benzene rings is 2. The summed E-state index contributed by atoms with van der Waals surface area (Å²) in [6.45, 7) is 5.87. The van der Waals surface area contributed by atoms with Crippen molar-refractivity contribution >= 4 is 18.2 Å². The summed E-state index contributed by atoms with van der Waals surface area (Å²) in [4.78, 5) is 12.1. The first-order chi connectivity index (χ1) is 10.6. The van der Waals surface area contributed by atoms with Gasteiger partial charge in [-0.25, -0.2) is 5.43 Å². The lowest BCUT2D eigenvalue weighted by atomic mass is 10.1. The van der Waals surface area contributed by atoms with Gasteiger partial charge in [-0.15, -0.1) is 0 Å². The lowest BCUT2D eigenvalue weighted by molar-refractivity contribution is 0.0954. The third-order valence-corrected chi connectivity index (χ3v) is 3.25. The van der Waals surface area contributed by atoms with Gasteiger partial charge in [-0.05, 0) is 43.5 Å². The first-order valence-electron chi connectivity index (χ1n) is 7.20. The van der Waals surface area contributed by atoms with Gasteiger partial charge < -0.3 is 0 Å². The number of hydrogen-bond acceptors (Lipinski definition) is 2. The molecule has 1 N–H and O–H groups in total. The van der Waals surface area contributed by atoms with Crippen LogP contribution in [0.4, 0.5) is 0 Å². The molecule has 0 saturated carbocycles. The molecule has 112 valence electrons. The summed E-state index contributed by atoms with van der Waals surface area (Å²) in [5.74, 6) is -0.193. The van der Waals surface area contributed by atoms with Crippen LogP contribution in [-0.4, -0.2) is 12.1 Å². The summed E-state index contributed by atoms with van der Waals surface area (Å²) in [6, 6.07) is 15.7. The molecule has 3 heteroatoms. The Bertz CT molecular complexity index is 715. The number of nitrogens with zero attached hydrogens (tertiary/aromatic N) is 1. The minimum Gasteiger partial charge on any atom is -0.267 e. The molecule has 0 aromatic heterocycles. The summed E-state index contributed by atoms with van der Waals surface area (Å²) >= 11 is 0. The Morgan fingerprint density at radius 3 is 2.50 bits per heavy atom. The Morgan fingerprint density at radius 1 is 1.09 bits per heavy atom. The molecule has 0 radical (unpaired) electrons. The van der Waals surface area contributed by atoms with Crippen molar-refractivity contribution in [3.05, 3.63) is 76.4 Å². The van der Waals surface area contributed by atoms with Crippen LogP contribution < -0.4 is 5.43 Å². The highest BCUT2D eigenvalue weighted by Crippen LogP contribution is 2.10. The third kappa shape index (κ3) is 4.42. The number of allylic oxidation sites excluding steroid dienone is 1. The van der Waals surface area contributed by atoms with E-state index in [2.05, 4.69) is 10.5 Å². The summed E-state index contributed by atoms with van der Waals surface area (Å²) in [5, 5.41) is 4.01. The maximum atomic E-state index is 12.1. The van der Waals surface area contributed by atoms with Gasteiger partial charge in [0.1, 0.15) is 0 Å². The van der Waals surface area contributed by atoms with Gasteiger partial charge in [0, 0.05) is 5.56 Å². The molecule has 2 rings (SSSR count). The fourth-order valence-electron chi connectivity index (χ4n) is 2.17. The average Bonchev–Trinajstić information content (AvgIpc) is 2.48. The van der Waals surface area contributed by atoms with E-state index in [1.54, 1.807) is 6.21 Å². The Kier molecular flexibility index (Phi) is 5.26. The number of aryl methyl sites for hydroxylation is 2. The maximum absolute atomic E-state index is 12.1. The van der Waals surface area contributed by atoms with Crippen LogP contribution in [0, 0.1) is 13.8 Å². The van der Waals surface area contributed by atoms with E-state index < -0.39 is 0 Å². The highest BCUT2D eigenvalue weighted by molar-refractivity contribution is 5.96. The van der Waals surface area contributed by atoms with Gasteiger partial charge in [-0.2, -0.15) is 5.10 Å². The molecule has 0 aliphatic carbocycles. The molecule has 0 saturated heterocycles. The van der Waals surface area contributed by atoms with Crippen molar-refractivity contribution in [2.75, 3.05) is 0 Å². The van der Waals surface area contributed by atoms with Gasteiger partial charge in [0.25, 0.3) is 5.91 Å². The smallest absolute Gasteiger partial charge is 0.267 e. The van der Waals surface area contributed by atoms with E-state index in [4.69, 9.17) is 0 Å². The first kappa shape index (κ1) is 15.7. The molecule has 0 aliphatic rings. The highest BCUT2D eigenvalue weighted by atomic mass is 16.2. The highest BCUT2D eigenvalue weighted by Gasteiger charge is 2.07. The van der Waals surface area contributed by atoms with E-state index in [9.17, 15) is 4.79 Å². The second kappa shape index (κ2) is 7.36. The standard InChI is InChI=1S/C19H20N2O/c1-14-9-10-18(16(3)11-14)19(22)21-20-13-15(2)12-17-7-5-4-6-8-17/h4-13H,1-3H3,(H,21,22)/b15-12+,20-13+. The topological polar surface area (TPSA) is 41.5 Å². The van der Waals surface area contributed by atoms with Crippen molar-refractivity contribution in [1.29, 1.82) is 0 Å². The zero-order valence-electron chi connectivity index (χ0n) is 13.1. The molecule has 2 aromatic rings. The molecular weight excluding hydrogens is 272 g/mol. The van der Waals surface area contributed by atoms with Crippen molar-refractivity contribution in [3.8, 4) is 0 Å². The number of nitrogens with one attached hydrogen (secondary N) is 1. The van der Waals surface area contributed by atoms with Crippen LogP contribution in [0.1, 0.15) is 34.0 Å². The van der Waals surface area contributed by atoms with Crippen molar-refractivity contribution in [3.63, 3.8) is 0 Å². The average molecular weight is 292 g/mol. The van der Waals surface area contributed by atoms with Crippen LogP contribution in [0.3, 0.4) is 0 Å². The van der Waals surface area contributed by atoms with Gasteiger partial charge in [-0.1, -0.05) is 54.1 Å². The van der Waals surface area contributed by atoms with E-state index in [1.165, 1.54) is 0 Å². The zero-order valence-corrected chi connectivity index (χ0v) is 13.1. The Balaban J connectivity index is 2.00. The van der Waals surface area contributed by atoms with Gasteiger partial charge in [0.2, 0.25) is 0 Å². The number of hydrazone groups is 1. The lowest BCUT2D eigenvalue weighted by Crippen LogP contribution is -2.18. The van der Waals surface area contributed by atoms with Gasteiger partial charge in [0.15, 0.2) is 0 Å². The second-order valence-corrected chi connectivity index (χ2v) is 5.32. The lowest BCUT2D eigenvalue weighted by Gasteiger charge is -2.04. The molecule has 3 nitrogen and oxygen atoms in total. The molecule has 22 heavy (non-hydrogen) atoms. The molecular formula is C19H20N2O. The normalized spacial score (nSPS) is 11.7. The van der Waals surface area contributed by atoms with Crippen LogP contribution in [-0.2, 0) is 0 Å². The van der Waals surface area contributed by atoms with Crippen LogP contribution in [0.15, 0.2) is 59.2 Å². The molecule has 0 fully saturated rings. The van der Waals surface area contributed by atoms with Crippen LogP contribution >= 0.6 is 0 Å². The molecule has 1 amide bonds. The molecule has 0 bridgehead atoms. The van der Waals surface area contributed by atoms with Crippen molar-refractivity contribution in [2.45, 2.75) is 20.8 Å². The Morgan fingerprint density at radius 2 is 1.82 bits per heavy atom. The van der Waals surface area contributed by atoms with E-state index >= 15 is 0 Å². The van der Waals surface area contributed by atoms with E-state index in [-0.39, 0.29) is 5.91 Å². The molecule has 0 atom stereocenters. The predicted octanol–water partition coefficient (Wildman–Crippen LogP) is 4.12. The van der Waals surface area contributed by atoms with E-state index in [0.717, 1.165) is 22.3 Å². The van der Waals surface area contributed by atoms with Crippen molar-refractivity contribution in [1.82, 2.24) is 5.43 Å². The van der Waals surface area contributed by atoms with Gasteiger partial charge in [0.05, 0.1) is 6.21 Å².